The Hall–Kier alpha value is -0.900. The summed E-state index contributed by atoms with van der Waals surface area (Å²) in [6.45, 7) is 1.89. The molecule has 0 saturated carbocycles. The predicted octanol–water partition coefficient (Wildman–Crippen LogP) is 1.81. The minimum Gasteiger partial charge on any atom is -0.468 e. The third-order valence-electron chi connectivity index (χ3n) is 2.62. The summed E-state index contributed by atoms with van der Waals surface area (Å²) < 4.78 is 4.53. The van der Waals surface area contributed by atoms with Crippen molar-refractivity contribution in [3.8, 4) is 0 Å². The minimum absolute atomic E-state index is 0.325. The molecule has 4 nitrogen and oxygen atoms in total. The van der Waals surface area contributed by atoms with Crippen LogP contribution in [0.25, 0.3) is 0 Å². The zero-order chi connectivity index (χ0) is 12.4. The number of ether oxygens (including phenoxy) is 1. The average molecular weight is 229 g/mol. The van der Waals surface area contributed by atoms with Crippen LogP contribution < -0.4 is 5.73 Å². The molecule has 0 saturated heterocycles. The summed E-state index contributed by atoms with van der Waals surface area (Å²) in [5.41, 5.74) is 5.58. The van der Waals surface area contributed by atoms with Gasteiger partial charge in [-0.3, -0.25) is 9.59 Å². The van der Waals surface area contributed by atoms with Crippen molar-refractivity contribution in [2.45, 2.75) is 57.9 Å². The summed E-state index contributed by atoms with van der Waals surface area (Å²) in [5.74, 6) is -0.0209. The van der Waals surface area contributed by atoms with Crippen molar-refractivity contribution in [3.05, 3.63) is 0 Å². The molecular weight excluding hydrogens is 206 g/mol. The van der Waals surface area contributed by atoms with Gasteiger partial charge in [0.05, 0.1) is 7.11 Å². The third kappa shape index (κ3) is 7.40. The summed E-state index contributed by atoms with van der Waals surface area (Å²) >= 11 is 0. The minimum atomic E-state index is -0.498. The van der Waals surface area contributed by atoms with Crippen LogP contribution in [0.3, 0.4) is 0 Å². The fraction of sp³-hybridized carbons (Fsp3) is 0.833. The number of ketones is 1. The van der Waals surface area contributed by atoms with Gasteiger partial charge in [-0.1, -0.05) is 26.2 Å². The Kier molecular flexibility index (Phi) is 8.81. The SMILES string of the molecule is CCC(=O)CCCCCC[C@H](N)C(=O)OC. The van der Waals surface area contributed by atoms with Gasteiger partial charge in [-0.25, -0.2) is 0 Å². The van der Waals surface area contributed by atoms with E-state index in [0.29, 0.717) is 25.0 Å². The molecule has 0 aromatic carbocycles. The Bertz CT molecular complexity index is 216. The topological polar surface area (TPSA) is 69.4 Å². The van der Waals surface area contributed by atoms with Gasteiger partial charge in [-0.05, 0) is 12.8 Å². The Balaban J connectivity index is 3.33. The van der Waals surface area contributed by atoms with Crippen molar-refractivity contribution in [1.29, 1.82) is 0 Å². The first-order valence-electron chi connectivity index (χ1n) is 5.97. The highest BCUT2D eigenvalue weighted by Crippen LogP contribution is 2.08. The molecule has 0 aliphatic rings. The van der Waals surface area contributed by atoms with Crippen molar-refractivity contribution in [2.24, 2.45) is 5.73 Å². The molecule has 0 fully saturated rings. The molecule has 0 heterocycles. The molecular formula is C12H23NO3. The van der Waals surface area contributed by atoms with Crippen LogP contribution in [0.4, 0.5) is 0 Å². The lowest BCUT2D eigenvalue weighted by Crippen LogP contribution is -2.31. The summed E-state index contributed by atoms with van der Waals surface area (Å²) in [6, 6.07) is -0.498. The van der Waals surface area contributed by atoms with E-state index in [1.807, 2.05) is 6.92 Å². The van der Waals surface area contributed by atoms with Crippen molar-refractivity contribution >= 4 is 11.8 Å². The Morgan fingerprint density at radius 3 is 2.38 bits per heavy atom. The fourth-order valence-corrected chi connectivity index (χ4v) is 1.49. The smallest absolute Gasteiger partial charge is 0.322 e. The molecule has 0 aliphatic heterocycles. The average Bonchev–Trinajstić information content (AvgIpc) is 2.31. The van der Waals surface area contributed by atoms with E-state index in [0.717, 1.165) is 25.7 Å². The highest BCUT2D eigenvalue weighted by atomic mass is 16.5. The van der Waals surface area contributed by atoms with Crippen molar-refractivity contribution in [3.63, 3.8) is 0 Å². The van der Waals surface area contributed by atoms with Crippen LogP contribution in [0.2, 0.25) is 0 Å². The number of methoxy groups -OCH3 is 1. The van der Waals surface area contributed by atoms with E-state index in [4.69, 9.17) is 5.73 Å². The highest BCUT2D eigenvalue weighted by molar-refractivity contribution is 5.77. The van der Waals surface area contributed by atoms with E-state index < -0.39 is 6.04 Å². The quantitative estimate of drug-likeness (QED) is 0.483. The number of carbonyl (C=O) groups excluding carboxylic acids is 2. The van der Waals surface area contributed by atoms with E-state index in [9.17, 15) is 9.59 Å². The van der Waals surface area contributed by atoms with Gasteiger partial charge in [0.15, 0.2) is 0 Å². The molecule has 0 amide bonds. The van der Waals surface area contributed by atoms with Crippen molar-refractivity contribution < 1.29 is 14.3 Å². The molecule has 0 aromatic heterocycles. The lowest BCUT2D eigenvalue weighted by atomic mass is 10.1. The van der Waals surface area contributed by atoms with Gasteiger partial charge in [-0.2, -0.15) is 0 Å². The van der Waals surface area contributed by atoms with Crippen LogP contribution in [0.5, 0.6) is 0 Å². The normalized spacial score (nSPS) is 12.2. The van der Waals surface area contributed by atoms with Crippen LogP contribution in [-0.4, -0.2) is 24.9 Å². The maximum absolute atomic E-state index is 11.0. The summed E-state index contributed by atoms with van der Waals surface area (Å²) in [5, 5.41) is 0. The molecule has 0 spiro atoms. The van der Waals surface area contributed by atoms with E-state index in [-0.39, 0.29) is 5.97 Å². The Morgan fingerprint density at radius 2 is 1.81 bits per heavy atom. The zero-order valence-corrected chi connectivity index (χ0v) is 10.3. The lowest BCUT2D eigenvalue weighted by molar-refractivity contribution is -0.142. The molecule has 2 N–H and O–H groups in total. The molecule has 0 aliphatic carbocycles. The molecule has 1 atom stereocenters. The van der Waals surface area contributed by atoms with Gasteiger partial charge in [0.2, 0.25) is 0 Å². The van der Waals surface area contributed by atoms with Gasteiger partial charge in [0.25, 0.3) is 0 Å². The van der Waals surface area contributed by atoms with Crippen LogP contribution in [-0.2, 0) is 14.3 Å². The number of unbranched alkanes of at least 4 members (excludes halogenated alkanes) is 3. The Labute approximate surface area is 97.5 Å². The standard InChI is InChI=1S/C12H23NO3/c1-3-10(14)8-6-4-5-7-9-11(13)12(15)16-2/h11H,3-9,13H2,1-2H3/t11-/m0/s1. The second kappa shape index (κ2) is 9.33. The van der Waals surface area contributed by atoms with E-state index in [1.54, 1.807) is 0 Å². The highest BCUT2D eigenvalue weighted by Gasteiger charge is 2.12. The van der Waals surface area contributed by atoms with Crippen LogP contribution >= 0.6 is 0 Å². The molecule has 0 bridgehead atoms. The number of hydrogen-bond acceptors (Lipinski definition) is 4. The first-order chi connectivity index (χ1) is 7.61. The van der Waals surface area contributed by atoms with E-state index in [1.165, 1.54) is 7.11 Å². The fourth-order valence-electron chi connectivity index (χ4n) is 1.49. The van der Waals surface area contributed by atoms with Crippen LogP contribution in [0.1, 0.15) is 51.9 Å². The second-order valence-corrected chi connectivity index (χ2v) is 3.97. The summed E-state index contributed by atoms with van der Waals surface area (Å²) in [7, 11) is 1.35. The first kappa shape index (κ1) is 15.1. The van der Waals surface area contributed by atoms with E-state index >= 15 is 0 Å². The number of esters is 1. The van der Waals surface area contributed by atoms with Crippen molar-refractivity contribution in [2.75, 3.05) is 7.11 Å². The lowest BCUT2D eigenvalue weighted by Gasteiger charge is -2.08. The molecule has 0 radical (unpaired) electrons. The van der Waals surface area contributed by atoms with Crippen LogP contribution in [0.15, 0.2) is 0 Å². The first-order valence-corrected chi connectivity index (χ1v) is 5.97. The molecule has 0 rings (SSSR count). The second-order valence-electron chi connectivity index (χ2n) is 3.97. The Morgan fingerprint density at radius 1 is 1.19 bits per heavy atom. The summed E-state index contributed by atoms with van der Waals surface area (Å²) in [4.78, 5) is 22.0. The maximum Gasteiger partial charge on any atom is 0.322 e. The number of hydrogen-bond donors (Lipinski definition) is 1. The molecule has 94 valence electrons. The third-order valence-corrected chi connectivity index (χ3v) is 2.62. The van der Waals surface area contributed by atoms with E-state index in [2.05, 4.69) is 4.74 Å². The van der Waals surface area contributed by atoms with Crippen molar-refractivity contribution in [1.82, 2.24) is 0 Å². The largest absolute Gasteiger partial charge is 0.468 e. The molecule has 16 heavy (non-hydrogen) atoms. The number of carbonyl (C=O) groups is 2. The monoisotopic (exact) mass is 229 g/mol. The van der Waals surface area contributed by atoms with Gasteiger partial charge < -0.3 is 10.5 Å². The van der Waals surface area contributed by atoms with Gasteiger partial charge in [0.1, 0.15) is 11.8 Å². The van der Waals surface area contributed by atoms with Gasteiger partial charge in [0, 0.05) is 12.8 Å². The number of Topliss-reactive ketones (excluding diaryl/α,β-unsaturated/α-hetero) is 1. The predicted molar refractivity (Wildman–Crippen MR) is 63.0 cm³/mol. The zero-order valence-electron chi connectivity index (χ0n) is 10.3. The van der Waals surface area contributed by atoms with Crippen LogP contribution in [0, 0.1) is 0 Å². The molecule has 0 unspecified atom stereocenters. The number of nitrogens with two attached hydrogens (primary N) is 1. The molecule has 0 aromatic rings. The maximum atomic E-state index is 11.0. The summed E-state index contributed by atoms with van der Waals surface area (Å²) in [6.07, 6.45) is 5.87. The van der Waals surface area contributed by atoms with Gasteiger partial charge in [-0.15, -0.1) is 0 Å². The molecule has 4 heteroatoms. The van der Waals surface area contributed by atoms with Gasteiger partial charge >= 0.3 is 5.97 Å². The number of rotatable bonds is 9.